The highest BCUT2D eigenvalue weighted by Gasteiger charge is 2.30. The Kier molecular flexibility index (Phi) is 3.48. The maximum atomic E-state index is 11.7. The number of halogens is 3. The molecule has 5 heteroatoms. The van der Waals surface area contributed by atoms with Gasteiger partial charge in [-0.1, -0.05) is 11.6 Å². The number of benzene rings is 1. The molecule has 1 aliphatic rings. The molecular weight excluding hydrogens is 313 g/mol. The largest absolute Gasteiger partial charge is 0.311 e. The Morgan fingerprint density at radius 2 is 2.19 bits per heavy atom. The zero-order chi connectivity index (χ0) is 11.9. The third kappa shape index (κ3) is 2.08. The molecule has 1 unspecified atom stereocenters. The first-order valence-electron chi connectivity index (χ1n) is 4.89. The Morgan fingerprint density at radius 3 is 2.75 bits per heavy atom. The first-order valence-corrected chi connectivity index (χ1v) is 6.50. The van der Waals surface area contributed by atoms with Gasteiger partial charge in [-0.2, -0.15) is 0 Å². The normalized spacial score (nSPS) is 20.6. The minimum absolute atomic E-state index is 0.0569. The fourth-order valence-electron chi connectivity index (χ4n) is 1.83. The van der Waals surface area contributed by atoms with Crippen LogP contribution in [-0.2, 0) is 4.79 Å². The van der Waals surface area contributed by atoms with E-state index in [4.69, 9.17) is 23.2 Å². The van der Waals surface area contributed by atoms with E-state index >= 15 is 0 Å². The molecule has 0 N–H and O–H groups in total. The first-order chi connectivity index (χ1) is 7.50. The molecule has 1 heterocycles. The summed E-state index contributed by atoms with van der Waals surface area (Å²) in [5, 5.41) is 0.539. The quantitative estimate of drug-likeness (QED) is 0.721. The van der Waals surface area contributed by atoms with Crippen molar-refractivity contribution in [2.75, 3.05) is 11.4 Å². The molecule has 1 saturated heterocycles. The Labute approximate surface area is 113 Å². The number of carbonyl (C=O) groups is 1. The molecule has 0 radical (unpaired) electrons. The predicted molar refractivity (Wildman–Crippen MR) is 70.5 cm³/mol. The van der Waals surface area contributed by atoms with E-state index in [0.717, 1.165) is 15.7 Å². The molecule has 16 heavy (non-hydrogen) atoms. The van der Waals surface area contributed by atoms with Crippen LogP contribution in [0.5, 0.6) is 0 Å². The summed E-state index contributed by atoms with van der Waals surface area (Å²) in [6.07, 6.45) is 0.397. The highest BCUT2D eigenvalue weighted by molar-refractivity contribution is 9.10. The lowest BCUT2D eigenvalue weighted by Crippen LogP contribution is -2.25. The summed E-state index contributed by atoms with van der Waals surface area (Å²) in [6.45, 7) is 2.45. The van der Waals surface area contributed by atoms with E-state index < -0.39 is 0 Å². The SMILES string of the molecule is Cc1c(N2CC(Cl)CC2=O)ccc(Br)c1Cl. The summed E-state index contributed by atoms with van der Waals surface area (Å²) in [5.74, 6) is 0.0569. The lowest BCUT2D eigenvalue weighted by atomic mass is 10.2. The second-order valence-electron chi connectivity index (χ2n) is 3.81. The van der Waals surface area contributed by atoms with Crippen LogP contribution < -0.4 is 4.90 Å². The van der Waals surface area contributed by atoms with Gasteiger partial charge in [0.25, 0.3) is 0 Å². The third-order valence-corrected chi connectivity index (χ3v) is 4.35. The Hall–Kier alpha value is -0.250. The average Bonchev–Trinajstić information content (AvgIpc) is 2.55. The molecule has 0 aromatic heterocycles. The van der Waals surface area contributed by atoms with Gasteiger partial charge in [-0.25, -0.2) is 0 Å². The topological polar surface area (TPSA) is 20.3 Å². The number of hydrogen-bond acceptors (Lipinski definition) is 1. The molecule has 0 bridgehead atoms. The van der Waals surface area contributed by atoms with E-state index in [1.54, 1.807) is 4.90 Å². The van der Waals surface area contributed by atoms with Gasteiger partial charge in [-0.15, -0.1) is 11.6 Å². The van der Waals surface area contributed by atoms with Crippen molar-refractivity contribution in [2.45, 2.75) is 18.7 Å². The molecule has 1 aromatic carbocycles. The third-order valence-electron chi connectivity index (χ3n) is 2.68. The van der Waals surface area contributed by atoms with Crippen LogP contribution >= 0.6 is 39.1 Å². The number of rotatable bonds is 1. The van der Waals surface area contributed by atoms with Crippen molar-refractivity contribution in [1.29, 1.82) is 0 Å². The number of alkyl halides is 1. The Balaban J connectivity index is 2.42. The van der Waals surface area contributed by atoms with Gasteiger partial charge < -0.3 is 4.90 Å². The minimum atomic E-state index is -0.102. The van der Waals surface area contributed by atoms with Gasteiger partial charge in [0.05, 0.1) is 10.4 Å². The van der Waals surface area contributed by atoms with E-state index in [1.807, 2.05) is 19.1 Å². The maximum Gasteiger partial charge on any atom is 0.228 e. The fourth-order valence-corrected chi connectivity index (χ4v) is 2.69. The van der Waals surface area contributed by atoms with Crippen molar-refractivity contribution in [3.05, 3.63) is 27.2 Å². The predicted octanol–water partition coefficient (Wildman–Crippen LogP) is 3.76. The van der Waals surface area contributed by atoms with Crippen LogP contribution in [0.3, 0.4) is 0 Å². The molecule has 1 aromatic rings. The van der Waals surface area contributed by atoms with Gasteiger partial charge in [-0.05, 0) is 40.5 Å². The van der Waals surface area contributed by atoms with Crippen LogP contribution in [0, 0.1) is 6.92 Å². The molecule has 1 fully saturated rings. The van der Waals surface area contributed by atoms with E-state index in [-0.39, 0.29) is 11.3 Å². The molecule has 86 valence electrons. The van der Waals surface area contributed by atoms with Crippen molar-refractivity contribution in [2.24, 2.45) is 0 Å². The number of amides is 1. The summed E-state index contributed by atoms with van der Waals surface area (Å²) >= 11 is 15.5. The molecular formula is C11H10BrCl2NO. The van der Waals surface area contributed by atoms with Crippen molar-refractivity contribution < 1.29 is 4.79 Å². The van der Waals surface area contributed by atoms with E-state index in [0.29, 0.717) is 18.0 Å². The summed E-state index contributed by atoms with van der Waals surface area (Å²) in [6, 6.07) is 3.73. The van der Waals surface area contributed by atoms with Gasteiger partial charge in [0.2, 0.25) is 5.91 Å². The summed E-state index contributed by atoms with van der Waals surface area (Å²) < 4.78 is 0.837. The molecule has 0 saturated carbocycles. The second-order valence-corrected chi connectivity index (χ2v) is 5.66. The molecule has 0 spiro atoms. The van der Waals surface area contributed by atoms with Crippen LogP contribution in [0.15, 0.2) is 16.6 Å². The Bertz CT molecular complexity index is 450. The van der Waals surface area contributed by atoms with Gasteiger partial charge in [0.15, 0.2) is 0 Å². The first kappa shape index (κ1) is 12.2. The van der Waals surface area contributed by atoms with Crippen molar-refractivity contribution in [3.63, 3.8) is 0 Å². The zero-order valence-corrected chi connectivity index (χ0v) is 11.7. The van der Waals surface area contributed by atoms with Gasteiger partial charge in [-0.3, -0.25) is 4.79 Å². The van der Waals surface area contributed by atoms with Gasteiger partial charge >= 0.3 is 0 Å². The van der Waals surface area contributed by atoms with Crippen LogP contribution in [0.4, 0.5) is 5.69 Å². The van der Waals surface area contributed by atoms with Crippen LogP contribution in [0.25, 0.3) is 0 Å². The lowest BCUT2D eigenvalue weighted by molar-refractivity contribution is -0.117. The number of carbonyl (C=O) groups excluding carboxylic acids is 1. The van der Waals surface area contributed by atoms with Crippen LogP contribution in [-0.4, -0.2) is 17.8 Å². The highest BCUT2D eigenvalue weighted by atomic mass is 79.9. The zero-order valence-electron chi connectivity index (χ0n) is 8.64. The van der Waals surface area contributed by atoms with Crippen LogP contribution in [0.2, 0.25) is 5.02 Å². The summed E-state index contributed by atoms with van der Waals surface area (Å²) in [4.78, 5) is 13.4. The van der Waals surface area contributed by atoms with Crippen LogP contribution in [0.1, 0.15) is 12.0 Å². The fraction of sp³-hybridized carbons (Fsp3) is 0.364. The molecule has 1 atom stereocenters. The van der Waals surface area contributed by atoms with Crippen molar-refractivity contribution in [3.8, 4) is 0 Å². The average molecular weight is 323 g/mol. The second kappa shape index (κ2) is 4.55. The maximum absolute atomic E-state index is 11.7. The van der Waals surface area contributed by atoms with E-state index in [9.17, 15) is 4.79 Å². The molecule has 1 amide bonds. The minimum Gasteiger partial charge on any atom is -0.311 e. The van der Waals surface area contributed by atoms with Crippen molar-refractivity contribution >= 4 is 50.7 Å². The van der Waals surface area contributed by atoms with E-state index in [1.165, 1.54) is 0 Å². The summed E-state index contributed by atoms with van der Waals surface area (Å²) in [7, 11) is 0. The molecule has 0 aliphatic carbocycles. The van der Waals surface area contributed by atoms with Gasteiger partial charge in [0, 0.05) is 23.1 Å². The molecule has 1 aliphatic heterocycles. The van der Waals surface area contributed by atoms with Crippen molar-refractivity contribution in [1.82, 2.24) is 0 Å². The monoisotopic (exact) mass is 321 g/mol. The molecule has 2 nitrogen and oxygen atoms in total. The highest BCUT2D eigenvalue weighted by Crippen LogP contribution is 2.35. The number of nitrogens with zero attached hydrogens (tertiary/aromatic N) is 1. The Morgan fingerprint density at radius 1 is 1.50 bits per heavy atom. The van der Waals surface area contributed by atoms with E-state index in [2.05, 4.69) is 15.9 Å². The number of hydrogen-bond donors (Lipinski definition) is 0. The number of anilines is 1. The molecule has 2 rings (SSSR count). The standard InChI is InChI=1S/C11H10BrCl2NO/c1-6-9(3-2-8(12)11(6)14)15-5-7(13)4-10(15)16/h2-3,7H,4-5H2,1H3. The smallest absolute Gasteiger partial charge is 0.228 e. The summed E-state index contributed by atoms with van der Waals surface area (Å²) in [5.41, 5.74) is 1.75. The lowest BCUT2D eigenvalue weighted by Gasteiger charge is -2.19. The van der Waals surface area contributed by atoms with Gasteiger partial charge in [0.1, 0.15) is 0 Å².